The summed E-state index contributed by atoms with van der Waals surface area (Å²) < 4.78 is 0. The van der Waals surface area contributed by atoms with Crippen molar-refractivity contribution in [1.29, 1.82) is 0 Å². The predicted octanol–water partition coefficient (Wildman–Crippen LogP) is 3.55. The number of rotatable bonds is 6. The maximum Gasteiger partial charge on any atom is 0.252 e. The van der Waals surface area contributed by atoms with Crippen LogP contribution in [0.15, 0.2) is 54.7 Å². The summed E-state index contributed by atoms with van der Waals surface area (Å²) in [4.78, 5) is 24.3. The van der Waals surface area contributed by atoms with Gasteiger partial charge in [0, 0.05) is 41.1 Å². The lowest BCUT2D eigenvalue weighted by Crippen LogP contribution is -2.13. The fourth-order valence-corrected chi connectivity index (χ4v) is 3.87. The van der Waals surface area contributed by atoms with Crippen LogP contribution in [-0.2, 0) is 0 Å². The van der Waals surface area contributed by atoms with Gasteiger partial charge in [-0.25, -0.2) is 9.97 Å². The van der Waals surface area contributed by atoms with Crippen LogP contribution in [-0.4, -0.2) is 33.9 Å². The topological polar surface area (TPSA) is 149 Å². The van der Waals surface area contributed by atoms with Crippen molar-refractivity contribution < 1.29 is 4.79 Å². The molecule has 0 saturated heterocycles. The van der Waals surface area contributed by atoms with Gasteiger partial charge in [0.25, 0.3) is 5.91 Å². The van der Waals surface area contributed by atoms with E-state index in [2.05, 4.69) is 32.1 Å². The second-order valence-corrected chi connectivity index (χ2v) is 8.23. The number of carbonyl (C=O) groups is 1. The van der Waals surface area contributed by atoms with Gasteiger partial charge < -0.3 is 27.5 Å². The Hall–Kier alpha value is -4.32. The number of benzene rings is 2. The number of nitrogens with zero attached hydrogens (tertiary/aromatic N) is 2. The first kappa shape index (κ1) is 23.8. The summed E-state index contributed by atoms with van der Waals surface area (Å²) in [5.41, 5.74) is 22.7. The lowest BCUT2D eigenvalue weighted by molar-refractivity contribution is 0.100. The van der Waals surface area contributed by atoms with Crippen LogP contribution >= 0.6 is 11.6 Å². The van der Waals surface area contributed by atoms with Gasteiger partial charge in [-0.2, -0.15) is 0 Å². The minimum Gasteiger partial charge on any atom is -0.384 e. The van der Waals surface area contributed by atoms with E-state index in [0.29, 0.717) is 40.8 Å². The quantitative estimate of drug-likeness (QED) is 0.264. The summed E-state index contributed by atoms with van der Waals surface area (Å²) in [5.74, 6) is 5.74. The number of hydrogen-bond acceptors (Lipinski definition) is 6. The van der Waals surface area contributed by atoms with Gasteiger partial charge in [0.15, 0.2) is 0 Å². The molecule has 0 saturated carbocycles. The van der Waals surface area contributed by atoms with E-state index in [1.807, 2.05) is 37.3 Å². The molecule has 2 heterocycles. The van der Waals surface area contributed by atoms with E-state index >= 15 is 0 Å². The maximum atomic E-state index is 12.7. The Morgan fingerprint density at radius 3 is 2.71 bits per heavy atom. The molecule has 2 aromatic carbocycles. The zero-order chi connectivity index (χ0) is 24.9. The van der Waals surface area contributed by atoms with Crippen molar-refractivity contribution >= 4 is 29.1 Å². The Morgan fingerprint density at radius 1 is 1.14 bits per heavy atom. The van der Waals surface area contributed by atoms with E-state index in [1.165, 1.54) is 6.20 Å². The minimum atomic E-state index is -0.633. The number of primary amides is 1. The summed E-state index contributed by atoms with van der Waals surface area (Å²) in [7, 11) is 0. The Balaban J connectivity index is 1.94. The number of hydrogen-bond donors (Lipinski definition) is 5. The molecule has 0 aliphatic carbocycles. The molecule has 0 atom stereocenters. The Kier molecular flexibility index (Phi) is 7.01. The lowest BCUT2D eigenvalue weighted by Gasteiger charge is -2.07. The molecule has 176 valence electrons. The van der Waals surface area contributed by atoms with Crippen LogP contribution in [0.2, 0.25) is 5.02 Å². The average Bonchev–Trinajstić information content (AvgIpc) is 3.23. The number of aromatic amines is 1. The normalized spacial score (nSPS) is 10.5. The first-order valence-corrected chi connectivity index (χ1v) is 11.2. The highest BCUT2D eigenvalue weighted by molar-refractivity contribution is 6.31. The molecule has 0 aliphatic heterocycles. The number of aryl methyl sites for hydroxylation is 1. The van der Waals surface area contributed by atoms with Gasteiger partial charge in [-0.1, -0.05) is 35.6 Å². The predicted molar refractivity (Wildman–Crippen MR) is 140 cm³/mol. The van der Waals surface area contributed by atoms with Crippen LogP contribution in [0.5, 0.6) is 0 Å². The summed E-state index contributed by atoms with van der Waals surface area (Å²) in [5, 5.41) is 3.75. The van der Waals surface area contributed by atoms with Crippen molar-refractivity contribution in [2.45, 2.75) is 6.92 Å². The molecule has 4 rings (SSSR count). The van der Waals surface area contributed by atoms with Gasteiger partial charge >= 0.3 is 0 Å². The molecule has 0 spiro atoms. The smallest absolute Gasteiger partial charge is 0.252 e. The second kappa shape index (κ2) is 10.3. The summed E-state index contributed by atoms with van der Waals surface area (Å²) >= 11 is 6.27. The molecule has 0 radical (unpaired) electrons. The fraction of sp³-hybridized carbons (Fsp3) is 0.115. The molecule has 8 N–H and O–H groups in total. The van der Waals surface area contributed by atoms with E-state index in [9.17, 15) is 4.79 Å². The Bertz CT molecular complexity index is 1470. The highest BCUT2D eigenvalue weighted by Crippen LogP contribution is 2.35. The van der Waals surface area contributed by atoms with Crippen molar-refractivity contribution in [3.63, 3.8) is 0 Å². The third kappa shape index (κ3) is 5.27. The van der Waals surface area contributed by atoms with Gasteiger partial charge in [0.2, 0.25) is 5.95 Å². The number of nitrogens with one attached hydrogen (secondary N) is 2. The van der Waals surface area contributed by atoms with Crippen LogP contribution in [0.4, 0.5) is 11.6 Å². The van der Waals surface area contributed by atoms with Gasteiger partial charge in [0.05, 0.1) is 28.2 Å². The summed E-state index contributed by atoms with van der Waals surface area (Å²) in [6.45, 7) is 3.07. The monoisotopic (exact) mass is 485 g/mol. The zero-order valence-electron chi connectivity index (χ0n) is 19.0. The van der Waals surface area contributed by atoms with Gasteiger partial charge in [-0.05, 0) is 48.9 Å². The fourth-order valence-electron chi connectivity index (χ4n) is 3.70. The zero-order valence-corrected chi connectivity index (χ0v) is 19.8. The van der Waals surface area contributed by atoms with E-state index < -0.39 is 5.91 Å². The third-order valence-electron chi connectivity index (χ3n) is 5.31. The number of carbonyl (C=O) groups excluding carboxylic acids is 1. The minimum absolute atomic E-state index is 0.0933. The molecule has 0 unspecified atom stereocenters. The molecule has 0 fully saturated rings. The van der Waals surface area contributed by atoms with Crippen LogP contribution in [0.3, 0.4) is 0 Å². The molecule has 35 heavy (non-hydrogen) atoms. The maximum absolute atomic E-state index is 12.7. The SMILES string of the molecule is Cc1ccc(Cl)cc1-c1[nH]c(-c2ccnc(N)n2)c(C#Cc2cccc(NCCN)c2)c1C(N)=O. The van der Waals surface area contributed by atoms with Gasteiger partial charge in [0.1, 0.15) is 0 Å². The number of nitrogen functional groups attached to an aromatic ring is 1. The van der Waals surface area contributed by atoms with Crippen LogP contribution in [0.1, 0.15) is 27.0 Å². The number of nitrogens with two attached hydrogens (primary N) is 3. The average molecular weight is 486 g/mol. The van der Waals surface area contributed by atoms with Crippen molar-refractivity contribution in [1.82, 2.24) is 15.0 Å². The molecule has 1 amide bonds. The van der Waals surface area contributed by atoms with E-state index in [1.54, 1.807) is 18.2 Å². The standard InChI is InChI=1S/C26H24ClN7O/c1-15-5-7-17(27)14-20(15)24-22(25(29)35)19(23(34-24)21-9-11-32-26(30)33-21)8-6-16-3-2-4-18(13-16)31-12-10-28/h2-5,7,9,11,13-14,31,34H,10,12,28H2,1H3,(H2,29,35)(H2,30,32,33). The van der Waals surface area contributed by atoms with Crippen molar-refractivity contribution in [2.75, 3.05) is 24.1 Å². The van der Waals surface area contributed by atoms with E-state index in [0.717, 1.165) is 22.4 Å². The van der Waals surface area contributed by atoms with Crippen molar-refractivity contribution in [3.05, 3.63) is 82.0 Å². The van der Waals surface area contributed by atoms with Crippen LogP contribution < -0.4 is 22.5 Å². The molecule has 9 heteroatoms. The Morgan fingerprint density at radius 2 is 1.97 bits per heavy atom. The van der Waals surface area contributed by atoms with Gasteiger partial charge in [-0.3, -0.25) is 4.79 Å². The number of aromatic nitrogens is 3. The number of halogens is 1. The second-order valence-electron chi connectivity index (χ2n) is 7.79. The highest BCUT2D eigenvalue weighted by atomic mass is 35.5. The Labute approximate surface area is 207 Å². The largest absolute Gasteiger partial charge is 0.384 e. The molecule has 0 aliphatic rings. The lowest BCUT2D eigenvalue weighted by atomic mass is 9.99. The molecule has 8 nitrogen and oxygen atoms in total. The number of amides is 1. The van der Waals surface area contributed by atoms with Crippen LogP contribution in [0, 0.1) is 18.8 Å². The third-order valence-corrected chi connectivity index (χ3v) is 5.55. The number of H-pyrrole nitrogens is 1. The van der Waals surface area contributed by atoms with E-state index in [-0.39, 0.29) is 11.5 Å². The molecular weight excluding hydrogens is 462 g/mol. The molecule has 4 aromatic rings. The van der Waals surface area contributed by atoms with Gasteiger partial charge in [-0.15, -0.1) is 0 Å². The molecule has 2 aromatic heterocycles. The van der Waals surface area contributed by atoms with Crippen molar-refractivity contribution in [3.8, 4) is 34.5 Å². The molecular formula is C26H24ClN7O. The summed E-state index contributed by atoms with van der Waals surface area (Å²) in [6, 6.07) is 14.7. The highest BCUT2D eigenvalue weighted by Gasteiger charge is 2.24. The first-order chi connectivity index (χ1) is 16.9. The van der Waals surface area contributed by atoms with Crippen molar-refractivity contribution in [2.24, 2.45) is 11.5 Å². The molecule has 0 bridgehead atoms. The van der Waals surface area contributed by atoms with E-state index in [4.69, 9.17) is 28.8 Å². The van der Waals surface area contributed by atoms with Crippen LogP contribution in [0.25, 0.3) is 22.6 Å². The number of anilines is 2. The first-order valence-electron chi connectivity index (χ1n) is 10.8. The summed E-state index contributed by atoms with van der Waals surface area (Å²) in [6.07, 6.45) is 1.54.